The van der Waals surface area contributed by atoms with E-state index in [1.807, 2.05) is 0 Å². The van der Waals surface area contributed by atoms with Crippen molar-refractivity contribution in [1.29, 1.82) is 0 Å². The number of methoxy groups -OCH3 is 1. The van der Waals surface area contributed by atoms with Crippen molar-refractivity contribution in [1.82, 2.24) is 0 Å². The largest absolute Gasteiger partial charge is 0.478 e. The van der Waals surface area contributed by atoms with E-state index in [4.69, 9.17) is 5.11 Å². The molecule has 60 valence electrons. The molecule has 0 aromatic heterocycles. The van der Waals surface area contributed by atoms with Crippen LogP contribution in [0.2, 0.25) is 0 Å². The standard InChI is InChI=1S/C3H4O2.C2H6O.C2H4/c1-2-3(4)5;1-3-2;1-2/h2H,1H2,(H,4,5);1-2H3;1-2H2. The summed E-state index contributed by atoms with van der Waals surface area (Å²) >= 11 is 0. The summed E-state index contributed by atoms with van der Waals surface area (Å²) in [6.45, 7) is 8.96. The Balaban J connectivity index is -0.0000000847. The van der Waals surface area contributed by atoms with Crippen LogP contribution in [0.25, 0.3) is 0 Å². The fraction of sp³-hybridized carbons (Fsp3) is 0.286. The molecule has 10 heavy (non-hydrogen) atoms. The molecule has 0 saturated heterocycles. The molecule has 0 heterocycles. The van der Waals surface area contributed by atoms with Crippen LogP contribution < -0.4 is 0 Å². The van der Waals surface area contributed by atoms with Gasteiger partial charge in [0.05, 0.1) is 0 Å². The maximum atomic E-state index is 9.25. The number of hydrogen-bond acceptors (Lipinski definition) is 2. The lowest BCUT2D eigenvalue weighted by Gasteiger charge is -1.64. The van der Waals surface area contributed by atoms with E-state index in [0.717, 1.165) is 6.08 Å². The van der Waals surface area contributed by atoms with Gasteiger partial charge in [-0.05, 0) is 0 Å². The third-order valence-electron chi connectivity index (χ3n) is 0.175. The zero-order valence-corrected chi connectivity index (χ0v) is 6.46. The van der Waals surface area contributed by atoms with Crippen LogP contribution in [0, 0.1) is 0 Å². The third-order valence-corrected chi connectivity index (χ3v) is 0.175. The molecular formula is C7H14O3. The van der Waals surface area contributed by atoms with Gasteiger partial charge in [-0.3, -0.25) is 0 Å². The Labute approximate surface area is 61.6 Å². The predicted octanol–water partition coefficient (Wildman–Crippen LogP) is 1.32. The Kier molecular flexibility index (Phi) is 39.4. The van der Waals surface area contributed by atoms with Crippen molar-refractivity contribution in [2.45, 2.75) is 0 Å². The normalized spacial score (nSPS) is 5.40. The van der Waals surface area contributed by atoms with E-state index in [0.29, 0.717) is 0 Å². The van der Waals surface area contributed by atoms with Crippen molar-refractivity contribution in [3.8, 4) is 0 Å². The number of aliphatic carboxylic acids is 1. The minimum absolute atomic E-state index is 0.833. The van der Waals surface area contributed by atoms with Gasteiger partial charge in [-0.25, -0.2) is 4.79 Å². The van der Waals surface area contributed by atoms with Crippen molar-refractivity contribution < 1.29 is 14.6 Å². The van der Waals surface area contributed by atoms with Crippen molar-refractivity contribution in [3.63, 3.8) is 0 Å². The molecule has 0 spiro atoms. The van der Waals surface area contributed by atoms with Crippen LogP contribution in [0.1, 0.15) is 0 Å². The fourth-order valence-corrected chi connectivity index (χ4v) is 0. The molecular weight excluding hydrogens is 132 g/mol. The van der Waals surface area contributed by atoms with Gasteiger partial charge < -0.3 is 9.84 Å². The molecule has 0 atom stereocenters. The molecule has 0 bridgehead atoms. The molecule has 0 aliphatic carbocycles. The lowest BCUT2D eigenvalue weighted by Crippen LogP contribution is -1.82. The fourth-order valence-electron chi connectivity index (χ4n) is 0. The summed E-state index contributed by atoms with van der Waals surface area (Å²) in [5.74, 6) is -0.981. The van der Waals surface area contributed by atoms with Crippen molar-refractivity contribution in [2.75, 3.05) is 14.2 Å². The highest BCUT2D eigenvalue weighted by Crippen LogP contribution is 1.54. The Morgan fingerprint density at radius 3 is 1.60 bits per heavy atom. The summed E-state index contributed by atoms with van der Waals surface area (Å²) in [6.07, 6.45) is 0.833. The zero-order valence-electron chi connectivity index (χ0n) is 6.46. The van der Waals surface area contributed by atoms with Gasteiger partial charge in [-0.2, -0.15) is 0 Å². The predicted molar refractivity (Wildman–Crippen MR) is 42.0 cm³/mol. The molecule has 0 fully saturated rings. The highest BCUT2D eigenvalue weighted by atomic mass is 16.4. The van der Waals surface area contributed by atoms with E-state index in [1.54, 1.807) is 14.2 Å². The molecule has 1 N–H and O–H groups in total. The summed E-state index contributed by atoms with van der Waals surface area (Å²) in [7, 11) is 3.25. The first-order chi connectivity index (χ1) is 4.68. The number of carboxylic acid groups (broad SMARTS) is 1. The monoisotopic (exact) mass is 146 g/mol. The molecule has 0 saturated carbocycles. The Bertz CT molecular complexity index is 78.9. The SMILES string of the molecule is C=C.C=CC(=O)O.COC. The van der Waals surface area contributed by atoms with E-state index in [9.17, 15) is 4.79 Å². The molecule has 3 heteroatoms. The van der Waals surface area contributed by atoms with Crippen LogP contribution in [0.5, 0.6) is 0 Å². The average Bonchev–Trinajstić information content (AvgIpc) is 1.94. The van der Waals surface area contributed by atoms with Gasteiger partial charge in [0.25, 0.3) is 0 Å². The summed E-state index contributed by atoms with van der Waals surface area (Å²) in [4.78, 5) is 9.25. The van der Waals surface area contributed by atoms with Gasteiger partial charge in [0.2, 0.25) is 0 Å². The van der Waals surface area contributed by atoms with E-state index in [-0.39, 0.29) is 0 Å². The van der Waals surface area contributed by atoms with Crippen LogP contribution in [-0.4, -0.2) is 25.3 Å². The van der Waals surface area contributed by atoms with Crippen molar-refractivity contribution in [3.05, 3.63) is 25.8 Å². The topological polar surface area (TPSA) is 46.5 Å². The second-order valence-corrected chi connectivity index (χ2v) is 0.951. The lowest BCUT2D eigenvalue weighted by molar-refractivity contribution is -0.131. The van der Waals surface area contributed by atoms with Gasteiger partial charge >= 0.3 is 5.97 Å². The second kappa shape index (κ2) is 24.7. The molecule has 0 unspecified atom stereocenters. The first kappa shape index (κ1) is 16.0. The van der Waals surface area contributed by atoms with Crippen LogP contribution >= 0.6 is 0 Å². The quantitative estimate of drug-likeness (QED) is 0.448. The molecule has 0 radical (unpaired) electrons. The molecule has 0 amide bonds. The van der Waals surface area contributed by atoms with E-state index in [1.165, 1.54) is 0 Å². The zero-order chi connectivity index (χ0) is 8.99. The van der Waals surface area contributed by atoms with Crippen LogP contribution in [0.15, 0.2) is 25.8 Å². The molecule has 0 rings (SSSR count). The smallest absolute Gasteiger partial charge is 0.327 e. The molecule has 0 aliphatic rings. The number of hydrogen-bond donors (Lipinski definition) is 1. The van der Waals surface area contributed by atoms with Crippen LogP contribution in [-0.2, 0) is 9.53 Å². The van der Waals surface area contributed by atoms with Crippen molar-refractivity contribution >= 4 is 5.97 Å². The number of carboxylic acids is 1. The summed E-state index contributed by atoms with van der Waals surface area (Å²) in [5, 5.41) is 7.60. The molecule has 0 aliphatic heterocycles. The van der Waals surface area contributed by atoms with E-state index >= 15 is 0 Å². The lowest BCUT2D eigenvalue weighted by atomic mass is 10.7. The van der Waals surface area contributed by atoms with Gasteiger partial charge in [-0.1, -0.05) is 6.58 Å². The second-order valence-electron chi connectivity index (χ2n) is 0.951. The van der Waals surface area contributed by atoms with Crippen LogP contribution in [0.3, 0.4) is 0 Å². The third kappa shape index (κ3) is 291. The Morgan fingerprint density at radius 2 is 1.60 bits per heavy atom. The molecule has 0 aromatic rings. The first-order valence-electron chi connectivity index (χ1n) is 2.44. The first-order valence-corrected chi connectivity index (χ1v) is 2.44. The van der Waals surface area contributed by atoms with Crippen LogP contribution in [0.4, 0.5) is 0 Å². The minimum Gasteiger partial charge on any atom is -0.478 e. The summed E-state index contributed by atoms with van der Waals surface area (Å²) in [6, 6.07) is 0. The highest BCUT2D eigenvalue weighted by Gasteiger charge is 1.73. The minimum atomic E-state index is -0.981. The highest BCUT2D eigenvalue weighted by molar-refractivity contribution is 5.78. The summed E-state index contributed by atoms with van der Waals surface area (Å²) in [5.41, 5.74) is 0. The van der Waals surface area contributed by atoms with Gasteiger partial charge in [0.15, 0.2) is 0 Å². The van der Waals surface area contributed by atoms with Crippen molar-refractivity contribution in [2.24, 2.45) is 0 Å². The maximum absolute atomic E-state index is 9.25. The maximum Gasteiger partial charge on any atom is 0.327 e. The number of carbonyl (C=O) groups is 1. The van der Waals surface area contributed by atoms with Gasteiger partial charge in [-0.15, -0.1) is 13.2 Å². The molecule has 0 aromatic carbocycles. The number of rotatable bonds is 1. The molecule has 3 nitrogen and oxygen atoms in total. The van der Waals surface area contributed by atoms with E-state index < -0.39 is 5.97 Å². The Hall–Kier alpha value is -1.09. The average molecular weight is 146 g/mol. The van der Waals surface area contributed by atoms with Gasteiger partial charge in [0, 0.05) is 20.3 Å². The number of ether oxygens (including phenoxy) is 1. The summed E-state index contributed by atoms with van der Waals surface area (Å²) < 4.78 is 4.25. The van der Waals surface area contributed by atoms with Gasteiger partial charge in [0.1, 0.15) is 0 Å². The van der Waals surface area contributed by atoms with E-state index in [2.05, 4.69) is 24.5 Å². The Morgan fingerprint density at radius 1 is 1.50 bits per heavy atom.